The molecule has 1 fully saturated rings. The Morgan fingerprint density at radius 2 is 1.65 bits per heavy atom. The first-order valence-corrected chi connectivity index (χ1v) is 10.6. The summed E-state index contributed by atoms with van der Waals surface area (Å²) in [7, 11) is 1.81. The van der Waals surface area contributed by atoms with E-state index < -0.39 is 0 Å². The first-order valence-electron chi connectivity index (χ1n) is 10.6. The monoisotopic (exact) mass is 356 g/mol. The molecular formula is C22H32N2O2. The van der Waals surface area contributed by atoms with E-state index in [-0.39, 0.29) is 5.91 Å². The fourth-order valence-corrected chi connectivity index (χ4v) is 5.09. The average molecular weight is 357 g/mol. The third kappa shape index (κ3) is 3.80. The van der Waals surface area contributed by atoms with Crippen LogP contribution in [0, 0.1) is 5.92 Å². The van der Waals surface area contributed by atoms with Crippen molar-refractivity contribution in [3.05, 3.63) is 22.5 Å². The Hall–Kier alpha value is -1.42. The molecule has 1 N–H and O–H groups in total. The summed E-state index contributed by atoms with van der Waals surface area (Å²) in [4.78, 5) is 17.6. The molecule has 0 bridgehead atoms. The highest BCUT2D eigenvalue weighted by atomic mass is 16.5. The number of hydrogen-bond acceptors (Lipinski definition) is 3. The smallest absolute Gasteiger partial charge is 0.224 e. The number of methoxy groups -OCH3 is 1. The van der Waals surface area contributed by atoms with Gasteiger partial charge in [-0.1, -0.05) is 0 Å². The molecule has 142 valence electrons. The summed E-state index contributed by atoms with van der Waals surface area (Å²) in [6, 6.07) is 0. The van der Waals surface area contributed by atoms with Crippen molar-refractivity contribution in [1.29, 1.82) is 0 Å². The highest BCUT2D eigenvalue weighted by Crippen LogP contribution is 2.36. The van der Waals surface area contributed by atoms with Crippen LogP contribution in [0.4, 0.5) is 5.69 Å². The number of pyridine rings is 1. The summed E-state index contributed by atoms with van der Waals surface area (Å²) < 4.78 is 5.45. The maximum absolute atomic E-state index is 12.7. The largest absolute Gasteiger partial charge is 0.381 e. The lowest BCUT2D eigenvalue weighted by molar-refractivity contribution is -0.116. The summed E-state index contributed by atoms with van der Waals surface area (Å²) in [5.41, 5.74) is 6.32. The Balaban J connectivity index is 1.39. The molecule has 3 aliphatic rings. The van der Waals surface area contributed by atoms with Crippen LogP contribution in [0.5, 0.6) is 0 Å². The SMILES string of the molecule is COC1CCC(CCC(=O)Nc2c3c(nc4c2CCC4)CCCC3)CC1. The standard InChI is InChI=1S/C22H32N2O2/c1-26-16-12-9-15(10-13-16)11-14-21(25)24-22-17-5-2-3-7-19(17)23-20-8-4-6-18(20)22/h15-16H,2-14H2,1H3,(H,23,24,25). The lowest BCUT2D eigenvalue weighted by Gasteiger charge is -2.27. The second-order valence-electron chi connectivity index (χ2n) is 8.36. The van der Waals surface area contributed by atoms with E-state index in [9.17, 15) is 4.79 Å². The molecule has 26 heavy (non-hydrogen) atoms. The van der Waals surface area contributed by atoms with Crippen molar-refractivity contribution in [2.24, 2.45) is 5.92 Å². The number of amides is 1. The number of rotatable bonds is 5. The number of aryl methyl sites for hydroxylation is 2. The molecule has 1 aromatic heterocycles. The van der Waals surface area contributed by atoms with Crippen molar-refractivity contribution in [3.63, 3.8) is 0 Å². The Labute approximate surface area is 157 Å². The number of nitrogens with zero attached hydrogens (tertiary/aromatic N) is 1. The molecule has 0 unspecified atom stereocenters. The molecule has 4 heteroatoms. The molecule has 0 spiro atoms. The number of carbonyl (C=O) groups excluding carboxylic acids is 1. The molecule has 4 nitrogen and oxygen atoms in total. The number of hydrogen-bond donors (Lipinski definition) is 1. The average Bonchev–Trinajstić information content (AvgIpc) is 3.15. The molecule has 1 saturated carbocycles. The van der Waals surface area contributed by atoms with Gasteiger partial charge >= 0.3 is 0 Å². The van der Waals surface area contributed by atoms with Crippen molar-refractivity contribution in [2.75, 3.05) is 12.4 Å². The molecule has 1 amide bonds. The fraction of sp³-hybridized carbons (Fsp3) is 0.727. The highest BCUT2D eigenvalue weighted by Gasteiger charge is 2.26. The van der Waals surface area contributed by atoms with Gasteiger partial charge in [-0.05, 0) is 94.1 Å². The van der Waals surface area contributed by atoms with E-state index in [0.29, 0.717) is 18.4 Å². The van der Waals surface area contributed by atoms with Crippen molar-refractivity contribution < 1.29 is 9.53 Å². The van der Waals surface area contributed by atoms with Crippen LogP contribution in [-0.4, -0.2) is 24.1 Å². The van der Waals surface area contributed by atoms with E-state index in [2.05, 4.69) is 5.32 Å². The topological polar surface area (TPSA) is 51.2 Å². The second-order valence-corrected chi connectivity index (χ2v) is 8.36. The van der Waals surface area contributed by atoms with E-state index >= 15 is 0 Å². The van der Waals surface area contributed by atoms with Gasteiger partial charge in [0.15, 0.2) is 0 Å². The van der Waals surface area contributed by atoms with Crippen molar-refractivity contribution in [3.8, 4) is 0 Å². The van der Waals surface area contributed by atoms with Gasteiger partial charge in [-0.15, -0.1) is 0 Å². The molecule has 0 aliphatic heterocycles. The number of aromatic nitrogens is 1. The van der Waals surface area contributed by atoms with Crippen LogP contribution in [-0.2, 0) is 35.2 Å². The Kier molecular flexibility index (Phi) is 5.58. The van der Waals surface area contributed by atoms with Gasteiger partial charge in [0.1, 0.15) is 0 Å². The van der Waals surface area contributed by atoms with Gasteiger partial charge in [-0.3, -0.25) is 9.78 Å². The molecule has 4 rings (SSSR count). The molecule has 0 atom stereocenters. The maximum atomic E-state index is 12.7. The number of fused-ring (bicyclic) bond motifs is 2. The number of carbonyl (C=O) groups is 1. The minimum atomic E-state index is 0.201. The van der Waals surface area contributed by atoms with Crippen LogP contribution in [0.15, 0.2) is 0 Å². The Bertz CT molecular complexity index is 663. The first kappa shape index (κ1) is 18.0. The molecule has 1 heterocycles. The number of ether oxygens (including phenoxy) is 1. The Morgan fingerprint density at radius 3 is 2.38 bits per heavy atom. The predicted molar refractivity (Wildman–Crippen MR) is 104 cm³/mol. The molecule has 1 aromatic rings. The molecular weight excluding hydrogens is 324 g/mol. The highest BCUT2D eigenvalue weighted by molar-refractivity contribution is 5.93. The van der Waals surface area contributed by atoms with Gasteiger partial charge in [0.25, 0.3) is 0 Å². The molecule has 0 saturated heterocycles. The van der Waals surface area contributed by atoms with Gasteiger partial charge in [-0.2, -0.15) is 0 Å². The minimum Gasteiger partial charge on any atom is -0.381 e. The van der Waals surface area contributed by atoms with E-state index in [4.69, 9.17) is 9.72 Å². The molecule has 0 radical (unpaired) electrons. The third-order valence-corrected chi connectivity index (χ3v) is 6.67. The maximum Gasteiger partial charge on any atom is 0.224 e. The summed E-state index contributed by atoms with van der Waals surface area (Å²) in [6.07, 6.45) is 14.7. The zero-order chi connectivity index (χ0) is 17.9. The summed E-state index contributed by atoms with van der Waals surface area (Å²) in [5.74, 6) is 0.885. The van der Waals surface area contributed by atoms with Crippen LogP contribution in [0.1, 0.15) is 80.3 Å². The zero-order valence-corrected chi connectivity index (χ0v) is 16.1. The third-order valence-electron chi connectivity index (χ3n) is 6.67. The lowest BCUT2D eigenvalue weighted by atomic mass is 9.84. The van der Waals surface area contributed by atoms with Crippen molar-refractivity contribution in [2.45, 2.75) is 89.6 Å². The summed E-state index contributed by atoms with van der Waals surface area (Å²) in [5, 5.41) is 3.33. The van der Waals surface area contributed by atoms with Gasteiger partial charge < -0.3 is 10.1 Å². The second kappa shape index (κ2) is 8.08. The van der Waals surface area contributed by atoms with Gasteiger partial charge in [-0.25, -0.2) is 0 Å². The fourth-order valence-electron chi connectivity index (χ4n) is 5.09. The van der Waals surface area contributed by atoms with E-state index in [1.165, 1.54) is 54.6 Å². The number of anilines is 1. The van der Waals surface area contributed by atoms with E-state index in [0.717, 1.165) is 50.6 Å². The van der Waals surface area contributed by atoms with Crippen LogP contribution in [0.2, 0.25) is 0 Å². The Morgan fingerprint density at radius 1 is 1.00 bits per heavy atom. The summed E-state index contributed by atoms with van der Waals surface area (Å²) in [6.45, 7) is 0. The van der Waals surface area contributed by atoms with Gasteiger partial charge in [0, 0.05) is 24.9 Å². The van der Waals surface area contributed by atoms with Gasteiger partial charge in [0.05, 0.1) is 11.8 Å². The quantitative estimate of drug-likeness (QED) is 0.852. The molecule has 3 aliphatic carbocycles. The van der Waals surface area contributed by atoms with Crippen LogP contribution < -0.4 is 5.32 Å². The van der Waals surface area contributed by atoms with Crippen LogP contribution in [0.25, 0.3) is 0 Å². The normalized spacial score (nSPS) is 24.8. The number of nitrogens with one attached hydrogen (secondary N) is 1. The van der Waals surface area contributed by atoms with Crippen molar-refractivity contribution >= 4 is 11.6 Å². The minimum absolute atomic E-state index is 0.201. The van der Waals surface area contributed by atoms with Crippen molar-refractivity contribution in [1.82, 2.24) is 4.98 Å². The first-order chi connectivity index (χ1) is 12.7. The predicted octanol–water partition coefficient (Wildman–Crippen LogP) is 4.37. The zero-order valence-electron chi connectivity index (χ0n) is 16.1. The van der Waals surface area contributed by atoms with E-state index in [1.54, 1.807) is 0 Å². The van der Waals surface area contributed by atoms with Crippen LogP contribution in [0.3, 0.4) is 0 Å². The van der Waals surface area contributed by atoms with Gasteiger partial charge in [0.2, 0.25) is 5.91 Å². The lowest BCUT2D eigenvalue weighted by Crippen LogP contribution is -2.22. The molecule has 0 aromatic carbocycles. The van der Waals surface area contributed by atoms with Crippen LogP contribution >= 0.6 is 0 Å². The summed E-state index contributed by atoms with van der Waals surface area (Å²) >= 11 is 0. The van der Waals surface area contributed by atoms with E-state index in [1.807, 2.05) is 7.11 Å².